The summed E-state index contributed by atoms with van der Waals surface area (Å²) in [5.74, 6) is 0. The van der Waals surface area contributed by atoms with Gasteiger partial charge in [0, 0.05) is 17.7 Å². The van der Waals surface area contributed by atoms with E-state index in [1.165, 1.54) is 27.0 Å². The molecule has 1 aromatic rings. The zero-order valence-electron chi connectivity index (χ0n) is 7.98. The van der Waals surface area contributed by atoms with Gasteiger partial charge in [-0.15, -0.1) is 0 Å². The quantitative estimate of drug-likeness (QED) is 0.730. The van der Waals surface area contributed by atoms with E-state index in [1.807, 2.05) is 0 Å². The van der Waals surface area contributed by atoms with Crippen LogP contribution in [-0.4, -0.2) is 8.80 Å². The van der Waals surface area contributed by atoms with Crippen LogP contribution < -0.4 is 0 Å². The average Bonchev–Trinajstić information content (AvgIpc) is 1.99. The second kappa shape index (κ2) is 5.32. The largest absolute Gasteiger partial charge is 0.0722 e. The maximum atomic E-state index is 3.50. The van der Waals surface area contributed by atoms with Gasteiger partial charge in [0.2, 0.25) is 0 Å². The van der Waals surface area contributed by atoms with Gasteiger partial charge in [0.1, 0.15) is 0 Å². The Labute approximate surface area is 98.6 Å². The van der Waals surface area contributed by atoms with Crippen LogP contribution in [0.4, 0.5) is 0 Å². The van der Waals surface area contributed by atoms with Crippen LogP contribution >= 0.6 is 31.9 Å². The van der Waals surface area contributed by atoms with E-state index in [9.17, 15) is 0 Å². The smallest absolute Gasteiger partial charge is 0.0308 e. The number of aryl methyl sites for hydroxylation is 1. The van der Waals surface area contributed by atoms with E-state index in [0.717, 1.165) is 0 Å². The molecular formula is C10H14Br2Si. The fourth-order valence-corrected chi connectivity index (χ4v) is 3.51. The Morgan fingerprint density at radius 3 is 2.08 bits per heavy atom. The number of halogens is 2. The highest BCUT2D eigenvalue weighted by Crippen LogP contribution is 2.21. The Morgan fingerprint density at radius 2 is 1.62 bits per heavy atom. The van der Waals surface area contributed by atoms with Gasteiger partial charge >= 0.3 is 0 Å². The molecule has 0 fully saturated rings. The first-order chi connectivity index (χ1) is 6.08. The van der Waals surface area contributed by atoms with Crippen LogP contribution in [0.2, 0.25) is 19.1 Å². The lowest BCUT2D eigenvalue weighted by atomic mass is 10.2. The van der Waals surface area contributed by atoms with E-state index >= 15 is 0 Å². The lowest BCUT2D eigenvalue weighted by Gasteiger charge is -2.04. The van der Waals surface area contributed by atoms with Crippen molar-refractivity contribution in [2.24, 2.45) is 0 Å². The Balaban J connectivity index is 2.66. The van der Waals surface area contributed by atoms with Crippen molar-refractivity contribution in [3.63, 3.8) is 0 Å². The normalized spacial score (nSPS) is 10.8. The molecule has 0 atom stereocenters. The second-order valence-corrected chi connectivity index (χ2v) is 8.91. The first kappa shape index (κ1) is 11.5. The van der Waals surface area contributed by atoms with Crippen LogP contribution in [0.5, 0.6) is 0 Å². The third-order valence-electron chi connectivity index (χ3n) is 1.93. The summed E-state index contributed by atoms with van der Waals surface area (Å²) in [4.78, 5) is 0. The summed E-state index contributed by atoms with van der Waals surface area (Å²) >= 11 is 7.00. The van der Waals surface area contributed by atoms with Crippen molar-refractivity contribution in [1.29, 1.82) is 0 Å². The van der Waals surface area contributed by atoms with Crippen molar-refractivity contribution in [3.8, 4) is 0 Å². The minimum atomic E-state index is -0.402. The predicted octanol–water partition coefficient (Wildman–Crippen LogP) is 4.24. The molecular weight excluding hydrogens is 308 g/mol. The van der Waals surface area contributed by atoms with E-state index < -0.39 is 8.80 Å². The monoisotopic (exact) mass is 320 g/mol. The summed E-state index contributed by atoms with van der Waals surface area (Å²) in [7, 11) is -0.402. The van der Waals surface area contributed by atoms with Gasteiger partial charge in [-0.25, -0.2) is 0 Å². The van der Waals surface area contributed by atoms with Gasteiger partial charge < -0.3 is 0 Å². The Morgan fingerprint density at radius 1 is 1.08 bits per heavy atom. The third kappa shape index (κ3) is 4.43. The number of benzene rings is 1. The summed E-state index contributed by atoms with van der Waals surface area (Å²) in [6.45, 7) is 4.79. The Kier molecular flexibility index (Phi) is 4.69. The summed E-state index contributed by atoms with van der Waals surface area (Å²) in [6, 6.07) is 7.89. The van der Waals surface area contributed by atoms with Crippen molar-refractivity contribution < 1.29 is 0 Å². The van der Waals surface area contributed by atoms with E-state index in [2.05, 4.69) is 63.2 Å². The van der Waals surface area contributed by atoms with Gasteiger partial charge in [0.05, 0.1) is 0 Å². The SMILES string of the molecule is C[SiH](C)CCc1cc(Br)cc(Br)c1. The van der Waals surface area contributed by atoms with Gasteiger partial charge in [-0.05, 0) is 30.2 Å². The first-order valence-electron chi connectivity index (χ1n) is 4.53. The molecule has 0 aliphatic heterocycles. The Bertz CT molecular complexity index is 264. The number of rotatable bonds is 3. The molecule has 0 amide bonds. The standard InChI is InChI=1S/C10H14Br2Si/c1-13(2)4-3-8-5-9(11)7-10(12)6-8/h5-7,13H,3-4H2,1-2H3. The maximum absolute atomic E-state index is 3.50. The minimum absolute atomic E-state index is 0.402. The molecule has 1 aromatic carbocycles. The van der Waals surface area contributed by atoms with E-state index in [1.54, 1.807) is 0 Å². The van der Waals surface area contributed by atoms with E-state index in [-0.39, 0.29) is 0 Å². The molecule has 13 heavy (non-hydrogen) atoms. The molecule has 72 valence electrons. The molecule has 0 saturated carbocycles. The fourth-order valence-electron chi connectivity index (χ4n) is 1.21. The zero-order valence-corrected chi connectivity index (χ0v) is 12.3. The van der Waals surface area contributed by atoms with Crippen molar-refractivity contribution >= 4 is 40.7 Å². The maximum Gasteiger partial charge on any atom is 0.0308 e. The molecule has 0 aromatic heterocycles. The fraction of sp³-hybridized carbons (Fsp3) is 0.400. The molecule has 0 N–H and O–H groups in total. The van der Waals surface area contributed by atoms with Crippen molar-refractivity contribution in [1.82, 2.24) is 0 Å². The number of hydrogen-bond donors (Lipinski definition) is 0. The van der Waals surface area contributed by atoms with E-state index in [4.69, 9.17) is 0 Å². The summed E-state index contributed by atoms with van der Waals surface area (Å²) in [5, 5.41) is 0. The topological polar surface area (TPSA) is 0 Å². The summed E-state index contributed by atoms with van der Waals surface area (Å²) in [5.41, 5.74) is 1.43. The van der Waals surface area contributed by atoms with Gasteiger partial charge in [-0.3, -0.25) is 0 Å². The summed E-state index contributed by atoms with van der Waals surface area (Å²) < 4.78 is 2.34. The highest BCUT2D eigenvalue weighted by atomic mass is 79.9. The highest BCUT2D eigenvalue weighted by molar-refractivity contribution is 9.11. The van der Waals surface area contributed by atoms with Crippen LogP contribution in [0.3, 0.4) is 0 Å². The average molecular weight is 322 g/mol. The van der Waals surface area contributed by atoms with Gasteiger partial charge in [-0.1, -0.05) is 51.0 Å². The van der Waals surface area contributed by atoms with E-state index in [0.29, 0.717) is 0 Å². The molecule has 0 bridgehead atoms. The van der Waals surface area contributed by atoms with Crippen LogP contribution in [0.25, 0.3) is 0 Å². The minimum Gasteiger partial charge on any atom is -0.0722 e. The van der Waals surface area contributed by atoms with Crippen LogP contribution in [-0.2, 0) is 6.42 Å². The summed E-state index contributed by atoms with van der Waals surface area (Å²) in [6.07, 6.45) is 1.22. The molecule has 0 nitrogen and oxygen atoms in total. The first-order valence-corrected chi connectivity index (χ1v) is 9.24. The molecule has 0 aliphatic carbocycles. The second-order valence-electron chi connectivity index (χ2n) is 3.71. The predicted molar refractivity (Wildman–Crippen MR) is 69.2 cm³/mol. The van der Waals surface area contributed by atoms with Crippen molar-refractivity contribution in [3.05, 3.63) is 32.7 Å². The van der Waals surface area contributed by atoms with Gasteiger partial charge in [0.15, 0.2) is 0 Å². The van der Waals surface area contributed by atoms with Crippen LogP contribution in [0.15, 0.2) is 27.1 Å². The van der Waals surface area contributed by atoms with Gasteiger partial charge in [0.25, 0.3) is 0 Å². The highest BCUT2D eigenvalue weighted by Gasteiger charge is 2.00. The molecule has 0 heterocycles. The lowest BCUT2D eigenvalue weighted by molar-refractivity contribution is 1.11. The van der Waals surface area contributed by atoms with Crippen LogP contribution in [0.1, 0.15) is 5.56 Å². The molecule has 0 radical (unpaired) electrons. The molecule has 1 rings (SSSR count). The molecule has 0 aliphatic rings. The Hall–Kier alpha value is 0.397. The molecule has 0 saturated heterocycles. The molecule has 3 heteroatoms. The molecule has 0 spiro atoms. The third-order valence-corrected chi connectivity index (χ3v) is 4.29. The van der Waals surface area contributed by atoms with Crippen LogP contribution in [0, 0.1) is 0 Å². The molecule has 0 unspecified atom stereocenters. The lowest BCUT2D eigenvalue weighted by Crippen LogP contribution is -2.00. The number of hydrogen-bond acceptors (Lipinski definition) is 0. The zero-order chi connectivity index (χ0) is 9.84. The van der Waals surface area contributed by atoms with Crippen molar-refractivity contribution in [2.75, 3.05) is 0 Å². The van der Waals surface area contributed by atoms with Gasteiger partial charge in [-0.2, -0.15) is 0 Å². The van der Waals surface area contributed by atoms with Crippen molar-refractivity contribution in [2.45, 2.75) is 25.6 Å².